The molecule has 0 saturated carbocycles. The number of para-hydroxylation sites is 1. The monoisotopic (exact) mass is 492 g/mol. The van der Waals surface area contributed by atoms with E-state index < -0.39 is 17.8 Å². The summed E-state index contributed by atoms with van der Waals surface area (Å²) < 4.78 is 6.42. The van der Waals surface area contributed by atoms with Crippen LogP contribution in [0.3, 0.4) is 0 Å². The third-order valence-corrected chi connectivity index (χ3v) is 5.36. The van der Waals surface area contributed by atoms with E-state index in [4.69, 9.17) is 9.84 Å². The normalized spacial score (nSPS) is 14.5. The van der Waals surface area contributed by atoms with Crippen LogP contribution in [0.5, 0.6) is 5.75 Å². The molecule has 1 aliphatic rings. The number of carbonyl (C=O) groups excluding carboxylic acids is 2. The number of amides is 2. The van der Waals surface area contributed by atoms with Gasteiger partial charge in [0.25, 0.3) is 11.8 Å². The number of aromatic carboxylic acids is 1. The first-order valence-electron chi connectivity index (χ1n) is 9.59. The van der Waals surface area contributed by atoms with Crippen molar-refractivity contribution in [2.24, 2.45) is 0 Å². The standard InChI is InChI=1S/C24H17BrN2O5/c25-20-13-15(9-10-21(20)32-14-16-5-4-6-17(11-16)24(30)31)12-19-22(28)26-27(23(19)29)18-7-2-1-3-8-18/h1-13H,14H2,(H,26,28)(H,30,31)/b19-12+. The summed E-state index contributed by atoms with van der Waals surface area (Å²) in [4.78, 5) is 36.1. The SMILES string of the molecule is O=C1NN(c2ccccc2)C(=O)/C1=C/c1ccc(OCc2cccc(C(=O)O)c2)c(Br)c1. The van der Waals surface area contributed by atoms with Crippen LogP contribution in [0, 0.1) is 0 Å². The topological polar surface area (TPSA) is 95.9 Å². The molecule has 0 aliphatic carbocycles. The first kappa shape index (κ1) is 21.3. The predicted octanol–water partition coefficient (Wildman–Crippen LogP) is 4.19. The highest BCUT2D eigenvalue weighted by atomic mass is 79.9. The molecule has 0 spiro atoms. The lowest BCUT2D eigenvalue weighted by Crippen LogP contribution is -2.35. The summed E-state index contributed by atoms with van der Waals surface area (Å²) in [6.45, 7) is 0.188. The largest absolute Gasteiger partial charge is 0.488 e. The molecule has 0 atom stereocenters. The van der Waals surface area contributed by atoms with Crippen LogP contribution in [-0.4, -0.2) is 22.9 Å². The van der Waals surface area contributed by atoms with E-state index in [1.807, 2.05) is 6.07 Å². The molecule has 3 aromatic carbocycles. The molecular formula is C24H17BrN2O5. The number of halogens is 1. The number of nitrogens with zero attached hydrogens (tertiary/aromatic N) is 1. The van der Waals surface area contributed by atoms with Gasteiger partial charge in [0.2, 0.25) is 0 Å². The van der Waals surface area contributed by atoms with E-state index >= 15 is 0 Å². The number of carbonyl (C=O) groups is 3. The summed E-state index contributed by atoms with van der Waals surface area (Å²) in [7, 11) is 0. The second-order valence-corrected chi connectivity index (χ2v) is 7.81. The number of hydrogen-bond acceptors (Lipinski definition) is 4. The third kappa shape index (κ3) is 4.55. The maximum absolute atomic E-state index is 12.7. The van der Waals surface area contributed by atoms with Crippen LogP contribution in [0.4, 0.5) is 5.69 Å². The Morgan fingerprint density at radius 3 is 2.53 bits per heavy atom. The summed E-state index contributed by atoms with van der Waals surface area (Å²) in [5.74, 6) is -1.37. The van der Waals surface area contributed by atoms with Gasteiger partial charge in [0.15, 0.2) is 0 Å². The Morgan fingerprint density at radius 2 is 1.81 bits per heavy atom. The molecule has 1 fully saturated rings. The average Bonchev–Trinajstić information content (AvgIpc) is 3.07. The van der Waals surface area contributed by atoms with Crippen molar-refractivity contribution in [3.63, 3.8) is 0 Å². The Balaban J connectivity index is 1.49. The van der Waals surface area contributed by atoms with Gasteiger partial charge in [0, 0.05) is 0 Å². The molecule has 160 valence electrons. The van der Waals surface area contributed by atoms with E-state index in [1.165, 1.54) is 17.2 Å². The van der Waals surface area contributed by atoms with E-state index in [0.29, 0.717) is 21.5 Å². The van der Waals surface area contributed by atoms with E-state index in [1.54, 1.807) is 60.7 Å². The molecule has 1 saturated heterocycles. The lowest BCUT2D eigenvalue weighted by atomic mass is 10.1. The molecule has 3 aromatic rings. The number of nitrogens with one attached hydrogen (secondary N) is 1. The fourth-order valence-electron chi connectivity index (χ4n) is 3.16. The van der Waals surface area contributed by atoms with Gasteiger partial charge >= 0.3 is 5.97 Å². The van der Waals surface area contributed by atoms with Crippen LogP contribution in [-0.2, 0) is 16.2 Å². The van der Waals surface area contributed by atoms with Crippen molar-refractivity contribution in [2.45, 2.75) is 6.61 Å². The van der Waals surface area contributed by atoms with Crippen molar-refractivity contribution in [2.75, 3.05) is 5.01 Å². The van der Waals surface area contributed by atoms with Crippen molar-refractivity contribution in [3.05, 3.63) is 99.5 Å². The smallest absolute Gasteiger partial charge is 0.335 e. The van der Waals surface area contributed by atoms with E-state index in [0.717, 1.165) is 5.56 Å². The highest BCUT2D eigenvalue weighted by Gasteiger charge is 2.34. The summed E-state index contributed by atoms with van der Waals surface area (Å²) >= 11 is 3.44. The lowest BCUT2D eigenvalue weighted by molar-refractivity contribution is -0.117. The summed E-state index contributed by atoms with van der Waals surface area (Å²) in [5.41, 5.74) is 4.72. The molecule has 0 radical (unpaired) electrons. The first-order chi connectivity index (χ1) is 15.4. The number of rotatable bonds is 6. The highest BCUT2D eigenvalue weighted by Crippen LogP contribution is 2.29. The van der Waals surface area contributed by atoms with Gasteiger partial charge < -0.3 is 9.84 Å². The molecule has 2 amide bonds. The van der Waals surface area contributed by atoms with Gasteiger partial charge in [-0.3, -0.25) is 15.0 Å². The Bertz CT molecular complexity index is 1240. The zero-order chi connectivity index (χ0) is 22.7. The fourth-order valence-corrected chi connectivity index (χ4v) is 3.67. The number of hydrazine groups is 1. The van der Waals surface area contributed by atoms with Crippen LogP contribution < -0.4 is 15.2 Å². The lowest BCUT2D eigenvalue weighted by Gasteiger charge is -2.13. The van der Waals surface area contributed by atoms with Crippen molar-refractivity contribution in [1.29, 1.82) is 0 Å². The van der Waals surface area contributed by atoms with Gasteiger partial charge in [-0.1, -0.05) is 36.4 Å². The molecule has 8 heteroatoms. The van der Waals surface area contributed by atoms with Crippen LogP contribution in [0.1, 0.15) is 21.5 Å². The Hall–Kier alpha value is -3.91. The van der Waals surface area contributed by atoms with Crippen molar-refractivity contribution < 1.29 is 24.2 Å². The van der Waals surface area contributed by atoms with Gasteiger partial charge in [-0.15, -0.1) is 0 Å². The maximum atomic E-state index is 12.7. The molecular weight excluding hydrogens is 476 g/mol. The van der Waals surface area contributed by atoms with Crippen molar-refractivity contribution in [1.82, 2.24) is 5.43 Å². The molecule has 0 bridgehead atoms. The van der Waals surface area contributed by atoms with Gasteiger partial charge in [-0.05, 0) is 69.5 Å². The molecule has 4 rings (SSSR count). The average molecular weight is 493 g/mol. The maximum Gasteiger partial charge on any atom is 0.335 e. The minimum Gasteiger partial charge on any atom is -0.488 e. The minimum absolute atomic E-state index is 0.0277. The molecule has 0 aromatic heterocycles. The Kier molecular flexibility index (Phi) is 6.04. The number of carboxylic acids is 1. The van der Waals surface area contributed by atoms with Crippen molar-refractivity contribution >= 4 is 45.5 Å². The van der Waals surface area contributed by atoms with Crippen LogP contribution >= 0.6 is 15.9 Å². The van der Waals surface area contributed by atoms with Crippen molar-refractivity contribution in [3.8, 4) is 5.75 Å². The fraction of sp³-hybridized carbons (Fsp3) is 0.0417. The Labute approximate surface area is 192 Å². The van der Waals surface area contributed by atoms with Gasteiger partial charge in [0.1, 0.15) is 17.9 Å². The van der Waals surface area contributed by atoms with Gasteiger partial charge in [-0.25, -0.2) is 9.80 Å². The van der Waals surface area contributed by atoms with Gasteiger partial charge in [0.05, 0.1) is 15.7 Å². The quantitative estimate of drug-likeness (QED) is 0.397. The molecule has 1 aliphatic heterocycles. The molecule has 1 heterocycles. The third-order valence-electron chi connectivity index (χ3n) is 4.74. The highest BCUT2D eigenvalue weighted by molar-refractivity contribution is 9.10. The minimum atomic E-state index is -0.998. The Morgan fingerprint density at radius 1 is 1.03 bits per heavy atom. The molecule has 0 unspecified atom stereocenters. The number of anilines is 1. The summed E-state index contributed by atoms with van der Waals surface area (Å²) in [5, 5.41) is 10.3. The zero-order valence-electron chi connectivity index (χ0n) is 16.6. The number of hydrogen-bond donors (Lipinski definition) is 2. The molecule has 32 heavy (non-hydrogen) atoms. The second-order valence-electron chi connectivity index (χ2n) is 6.96. The number of benzene rings is 3. The molecule has 7 nitrogen and oxygen atoms in total. The van der Waals surface area contributed by atoms with Crippen LogP contribution in [0.25, 0.3) is 6.08 Å². The number of ether oxygens (including phenoxy) is 1. The van der Waals surface area contributed by atoms with E-state index in [-0.39, 0.29) is 17.7 Å². The molecule has 2 N–H and O–H groups in total. The summed E-state index contributed by atoms with van der Waals surface area (Å²) in [6.07, 6.45) is 1.52. The summed E-state index contributed by atoms with van der Waals surface area (Å²) in [6, 6.07) is 20.5. The van der Waals surface area contributed by atoms with Crippen LogP contribution in [0.2, 0.25) is 0 Å². The number of carboxylic acid groups (broad SMARTS) is 1. The first-order valence-corrected chi connectivity index (χ1v) is 10.4. The van der Waals surface area contributed by atoms with E-state index in [9.17, 15) is 14.4 Å². The predicted molar refractivity (Wildman–Crippen MR) is 122 cm³/mol. The van der Waals surface area contributed by atoms with E-state index in [2.05, 4.69) is 21.4 Å². The second kappa shape index (κ2) is 9.07. The zero-order valence-corrected chi connectivity index (χ0v) is 18.2. The van der Waals surface area contributed by atoms with Crippen LogP contribution in [0.15, 0.2) is 82.8 Å². The van der Waals surface area contributed by atoms with Gasteiger partial charge in [-0.2, -0.15) is 0 Å².